The van der Waals surface area contributed by atoms with Crippen LogP contribution in [0, 0.1) is 0 Å². The molecule has 33 heavy (non-hydrogen) atoms. The van der Waals surface area contributed by atoms with Crippen LogP contribution in [0.1, 0.15) is 30.1 Å². The Bertz CT molecular complexity index is 972. The van der Waals surface area contributed by atoms with Crippen molar-refractivity contribution in [3.8, 4) is 11.5 Å². The molecule has 3 unspecified atom stereocenters. The van der Waals surface area contributed by atoms with E-state index in [1.807, 2.05) is 30.0 Å². The van der Waals surface area contributed by atoms with Gasteiger partial charge in [0.2, 0.25) is 0 Å². The summed E-state index contributed by atoms with van der Waals surface area (Å²) in [5.41, 5.74) is 6.45. The van der Waals surface area contributed by atoms with Gasteiger partial charge in [-0.05, 0) is 31.0 Å². The average Bonchev–Trinajstić information content (AvgIpc) is 2.82. The lowest BCUT2D eigenvalue weighted by Gasteiger charge is -2.40. The third-order valence-electron chi connectivity index (χ3n) is 5.83. The van der Waals surface area contributed by atoms with Crippen molar-refractivity contribution >= 4 is 29.2 Å². The second kappa shape index (κ2) is 11.4. The van der Waals surface area contributed by atoms with Crippen molar-refractivity contribution in [3.05, 3.63) is 53.1 Å². The molecule has 1 amide bonds. The van der Waals surface area contributed by atoms with Crippen molar-refractivity contribution in [2.75, 3.05) is 33.0 Å². The molecule has 3 rings (SSSR count). The number of amides is 1. The molecule has 3 atom stereocenters. The van der Waals surface area contributed by atoms with E-state index < -0.39 is 6.04 Å². The number of nitrogens with one attached hydrogen (secondary N) is 1. The lowest BCUT2D eigenvalue weighted by Crippen LogP contribution is -2.58. The van der Waals surface area contributed by atoms with Crippen LogP contribution in [0.3, 0.4) is 0 Å². The van der Waals surface area contributed by atoms with Gasteiger partial charge in [0, 0.05) is 26.3 Å². The first-order chi connectivity index (χ1) is 15.9. The molecule has 2 aromatic carbocycles. The standard InChI is InChI=1S/C24H30ClN3O5/c1-4-20(24(30)33-15-8-6-5-7-9-15)28-11-10-19(22(14-28)32-3)27-23(29)16-12-17(25)18(26)13-21(16)31-2/h5-9,12-13,19-20,22H,4,10-11,14,26H2,1-3H3,(H,27,29). The number of carbonyl (C=O) groups excluding carboxylic acids is 2. The molecule has 2 aromatic rings. The quantitative estimate of drug-likeness (QED) is 0.343. The highest BCUT2D eigenvalue weighted by atomic mass is 35.5. The van der Waals surface area contributed by atoms with E-state index >= 15 is 0 Å². The zero-order valence-corrected chi connectivity index (χ0v) is 19.8. The number of methoxy groups -OCH3 is 2. The number of benzene rings is 2. The van der Waals surface area contributed by atoms with E-state index in [0.717, 1.165) is 0 Å². The highest BCUT2D eigenvalue weighted by molar-refractivity contribution is 6.33. The SMILES string of the molecule is CCC(C(=O)Oc1ccccc1)N1CCC(NC(=O)c2cc(Cl)c(N)cc2OC)C(OC)C1. The number of ether oxygens (including phenoxy) is 3. The van der Waals surface area contributed by atoms with E-state index in [1.54, 1.807) is 19.2 Å². The van der Waals surface area contributed by atoms with E-state index in [4.69, 9.17) is 31.5 Å². The number of hydrogen-bond acceptors (Lipinski definition) is 7. The minimum atomic E-state index is -0.407. The molecule has 0 aliphatic carbocycles. The van der Waals surface area contributed by atoms with Gasteiger partial charge in [-0.2, -0.15) is 0 Å². The minimum Gasteiger partial charge on any atom is -0.496 e. The third kappa shape index (κ3) is 5.96. The van der Waals surface area contributed by atoms with Gasteiger partial charge in [0.15, 0.2) is 0 Å². The molecular formula is C24H30ClN3O5. The van der Waals surface area contributed by atoms with E-state index in [2.05, 4.69) is 5.32 Å². The maximum Gasteiger partial charge on any atom is 0.328 e. The monoisotopic (exact) mass is 475 g/mol. The molecule has 0 saturated carbocycles. The maximum absolute atomic E-state index is 13.0. The summed E-state index contributed by atoms with van der Waals surface area (Å²) in [6.45, 7) is 3.03. The van der Waals surface area contributed by atoms with Gasteiger partial charge in [-0.1, -0.05) is 36.7 Å². The minimum absolute atomic E-state index is 0.248. The van der Waals surface area contributed by atoms with Crippen LogP contribution in [-0.4, -0.2) is 62.3 Å². The molecule has 1 saturated heterocycles. The number of nitrogen functional groups attached to an aromatic ring is 1. The molecule has 0 bridgehead atoms. The summed E-state index contributed by atoms with van der Waals surface area (Å²) in [4.78, 5) is 27.8. The summed E-state index contributed by atoms with van der Waals surface area (Å²) in [5, 5.41) is 3.30. The predicted octanol–water partition coefficient (Wildman–Crippen LogP) is 3.13. The molecule has 0 spiro atoms. The second-order valence-corrected chi connectivity index (χ2v) is 8.28. The lowest BCUT2D eigenvalue weighted by atomic mass is 9.98. The number of nitrogens with zero attached hydrogens (tertiary/aromatic N) is 1. The Morgan fingerprint density at radius 2 is 1.97 bits per heavy atom. The topological polar surface area (TPSA) is 103 Å². The molecule has 3 N–H and O–H groups in total. The zero-order valence-electron chi connectivity index (χ0n) is 19.0. The van der Waals surface area contributed by atoms with E-state index in [0.29, 0.717) is 48.7 Å². The van der Waals surface area contributed by atoms with E-state index in [9.17, 15) is 9.59 Å². The summed E-state index contributed by atoms with van der Waals surface area (Å²) in [7, 11) is 3.06. The lowest BCUT2D eigenvalue weighted by molar-refractivity contribution is -0.142. The number of nitrogens with two attached hydrogens (primary N) is 1. The summed E-state index contributed by atoms with van der Waals surface area (Å²) in [6.07, 6.45) is 0.890. The number of carbonyl (C=O) groups is 2. The Morgan fingerprint density at radius 1 is 1.24 bits per heavy atom. The molecule has 1 fully saturated rings. The van der Waals surface area contributed by atoms with Crippen LogP contribution in [0.25, 0.3) is 0 Å². The number of esters is 1. The van der Waals surface area contributed by atoms with Crippen molar-refractivity contribution in [2.24, 2.45) is 0 Å². The average molecular weight is 476 g/mol. The highest BCUT2D eigenvalue weighted by Gasteiger charge is 2.36. The maximum atomic E-state index is 13.0. The second-order valence-electron chi connectivity index (χ2n) is 7.87. The van der Waals surface area contributed by atoms with Crippen LogP contribution >= 0.6 is 11.6 Å². The van der Waals surface area contributed by atoms with Crippen molar-refractivity contribution in [1.82, 2.24) is 10.2 Å². The fraction of sp³-hybridized carbons (Fsp3) is 0.417. The molecule has 9 heteroatoms. The van der Waals surface area contributed by atoms with Crippen LogP contribution in [0.4, 0.5) is 5.69 Å². The number of piperidine rings is 1. The Hall–Kier alpha value is -2.81. The van der Waals surface area contributed by atoms with Crippen molar-refractivity contribution in [3.63, 3.8) is 0 Å². The normalized spacial score (nSPS) is 19.5. The molecule has 1 aliphatic heterocycles. The Morgan fingerprint density at radius 3 is 2.61 bits per heavy atom. The number of hydrogen-bond donors (Lipinski definition) is 2. The smallest absolute Gasteiger partial charge is 0.328 e. The van der Waals surface area contributed by atoms with Gasteiger partial charge >= 0.3 is 5.97 Å². The number of rotatable bonds is 8. The molecule has 1 aliphatic rings. The molecule has 0 radical (unpaired) electrons. The van der Waals surface area contributed by atoms with Crippen LogP contribution in [0.15, 0.2) is 42.5 Å². The van der Waals surface area contributed by atoms with Crippen LogP contribution in [0.5, 0.6) is 11.5 Å². The first-order valence-corrected chi connectivity index (χ1v) is 11.2. The van der Waals surface area contributed by atoms with Gasteiger partial charge in [-0.25, -0.2) is 4.79 Å². The highest BCUT2D eigenvalue weighted by Crippen LogP contribution is 2.29. The van der Waals surface area contributed by atoms with E-state index in [1.165, 1.54) is 19.2 Å². The fourth-order valence-corrected chi connectivity index (χ4v) is 4.20. The van der Waals surface area contributed by atoms with E-state index in [-0.39, 0.29) is 29.0 Å². The largest absolute Gasteiger partial charge is 0.496 e. The van der Waals surface area contributed by atoms with Crippen molar-refractivity contribution in [2.45, 2.75) is 38.0 Å². The van der Waals surface area contributed by atoms with Crippen molar-refractivity contribution in [1.29, 1.82) is 0 Å². The van der Waals surface area contributed by atoms with Gasteiger partial charge in [-0.15, -0.1) is 0 Å². The summed E-state index contributed by atoms with van der Waals surface area (Å²) < 4.78 is 16.5. The van der Waals surface area contributed by atoms with Gasteiger partial charge < -0.3 is 25.3 Å². The molecular weight excluding hydrogens is 446 g/mol. The van der Waals surface area contributed by atoms with Crippen LogP contribution in [0.2, 0.25) is 5.02 Å². The molecule has 178 valence electrons. The number of likely N-dealkylation sites (tertiary alicyclic amines) is 1. The number of para-hydroxylation sites is 1. The summed E-state index contributed by atoms with van der Waals surface area (Å²) in [5.74, 6) is 0.227. The molecule has 8 nitrogen and oxygen atoms in total. The van der Waals surface area contributed by atoms with Gasteiger partial charge in [0.05, 0.1) is 35.5 Å². The third-order valence-corrected chi connectivity index (χ3v) is 6.16. The van der Waals surface area contributed by atoms with Gasteiger partial charge in [0.1, 0.15) is 17.5 Å². The number of anilines is 1. The molecule has 1 heterocycles. The predicted molar refractivity (Wildman–Crippen MR) is 127 cm³/mol. The molecule has 0 aromatic heterocycles. The van der Waals surface area contributed by atoms with Gasteiger partial charge in [-0.3, -0.25) is 9.69 Å². The summed E-state index contributed by atoms with van der Waals surface area (Å²) in [6, 6.07) is 11.4. The van der Waals surface area contributed by atoms with Gasteiger partial charge in [0.25, 0.3) is 5.91 Å². The van der Waals surface area contributed by atoms with Crippen molar-refractivity contribution < 1.29 is 23.8 Å². The zero-order chi connectivity index (χ0) is 24.0. The van der Waals surface area contributed by atoms with Crippen LogP contribution in [-0.2, 0) is 9.53 Å². The Balaban J connectivity index is 1.67. The fourth-order valence-electron chi connectivity index (χ4n) is 4.04. The first-order valence-electron chi connectivity index (χ1n) is 10.8. The first kappa shape index (κ1) is 24.8. The Labute approximate surface area is 198 Å². The number of halogens is 1. The van der Waals surface area contributed by atoms with Crippen LogP contribution < -0.4 is 20.5 Å². The Kier molecular flexibility index (Phi) is 8.55. The summed E-state index contributed by atoms with van der Waals surface area (Å²) >= 11 is 6.11.